The summed E-state index contributed by atoms with van der Waals surface area (Å²) in [4.78, 5) is 26.1. The summed E-state index contributed by atoms with van der Waals surface area (Å²) in [7, 11) is 0. The highest BCUT2D eigenvalue weighted by Crippen LogP contribution is 2.46. The Balaban J connectivity index is 1.28. The Morgan fingerprint density at radius 1 is 1.25 bits per heavy atom. The van der Waals surface area contributed by atoms with E-state index < -0.39 is 0 Å². The van der Waals surface area contributed by atoms with Gasteiger partial charge in [0.1, 0.15) is 12.0 Å². The molecule has 0 aromatic carbocycles. The fraction of sp³-hybridized carbons (Fsp3) is 0.412. The summed E-state index contributed by atoms with van der Waals surface area (Å²) in [5.41, 5.74) is 1.61. The number of nitrogens with zero attached hydrogens (tertiary/aromatic N) is 4. The van der Waals surface area contributed by atoms with Crippen LogP contribution in [0.2, 0.25) is 0 Å². The van der Waals surface area contributed by atoms with Crippen molar-refractivity contribution in [1.29, 1.82) is 0 Å². The van der Waals surface area contributed by atoms with Gasteiger partial charge < -0.3 is 9.64 Å². The second kappa shape index (κ2) is 6.49. The van der Waals surface area contributed by atoms with E-state index in [-0.39, 0.29) is 16.8 Å². The second-order valence-corrected chi connectivity index (χ2v) is 7.73. The molecule has 7 heteroatoms. The topological polar surface area (TPSA) is 68.2 Å². The first kappa shape index (κ1) is 15.5. The van der Waals surface area contributed by atoms with Crippen LogP contribution < -0.4 is 0 Å². The van der Waals surface area contributed by atoms with Crippen LogP contribution in [0.3, 0.4) is 0 Å². The summed E-state index contributed by atoms with van der Waals surface area (Å²) in [6, 6.07) is 5.61. The summed E-state index contributed by atoms with van der Waals surface area (Å²) < 4.78 is 6.19. The van der Waals surface area contributed by atoms with Crippen molar-refractivity contribution in [3.8, 4) is 0 Å². The van der Waals surface area contributed by atoms with Crippen molar-refractivity contribution in [2.75, 3.05) is 18.8 Å². The smallest absolute Gasteiger partial charge is 0.272 e. The van der Waals surface area contributed by atoms with Gasteiger partial charge in [0.2, 0.25) is 0 Å². The molecule has 0 unspecified atom stereocenters. The number of aromatic nitrogens is 3. The molecule has 124 valence electrons. The van der Waals surface area contributed by atoms with Crippen molar-refractivity contribution in [2.45, 2.75) is 23.9 Å². The van der Waals surface area contributed by atoms with Gasteiger partial charge in [0.05, 0.1) is 17.5 Å². The third-order valence-corrected chi connectivity index (χ3v) is 6.03. The molecule has 0 bridgehead atoms. The molecule has 1 amide bonds. The maximum absolute atomic E-state index is 12.3. The van der Waals surface area contributed by atoms with Gasteiger partial charge >= 0.3 is 0 Å². The standard InChI is InChI=1S/C17H18N4O2S/c22-16(15-3-6-19-12-20-15)21-10-17(11-21)7-14(9-24-17)23-8-13-1-4-18-5-2-13/h1-6,12,14H,7-11H2/t14-/m0/s1. The summed E-state index contributed by atoms with van der Waals surface area (Å²) in [6.45, 7) is 2.17. The van der Waals surface area contributed by atoms with Gasteiger partial charge in [0.25, 0.3) is 5.91 Å². The lowest BCUT2D eigenvalue weighted by Crippen LogP contribution is -2.60. The number of hydrogen-bond acceptors (Lipinski definition) is 6. The van der Waals surface area contributed by atoms with Crippen LogP contribution >= 0.6 is 11.8 Å². The molecule has 1 spiro atoms. The minimum atomic E-state index is -0.00946. The van der Waals surface area contributed by atoms with Crippen LogP contribution in [0.15, 0.2) is 43.1 Å². The third kappa shape index (κ3) is 3.14. The molecule has 24 heavy (non-hydrogen) atoms. The first-order chi connectivity index (χ1) is 11.7. The molecule has 4 rings (SSSR count). The van der Waals surface area contributed by atoms with Crippen LogP contribution in [0.5, 0.6) is 0 Å². The van der Waals surface area contributed by atoms with E-state index in [1.54, 1.807) is 24.7 Å². The number of likely N-dealkylation sites (tertiary alicyclic amines) is 1. The molecule has 2 fully saturated rings. The average Bonchev–Trinajstić information content (AvgIpc) is 3.04. The molecule has 6 nitrogen and oxygen atoms in total. The number of carbonyl (C=O) groups excluding carboxylic acids is 1. The largest absolute Gasteiger partial charge is 0.373 e. The van der Waals surface area contributed by atoms with Gasteiger partial charge in [0, 0.05) is 37.4 Å². The van der Waals surface area contributed by atoms with Crippen LogP contribution in [0, 0.1) is 0 Å². The number of thioether (sulfide) groups is 1. The molecule has 2 aromatic rings. The second-order valence-electron chi connectivity index (χ2n) is 6.24. The van der Waals surface area contributed by atoms with Crippen LogP contribution in [0.1, 0.15) is 22.5 Å². The Bertz CT molecular complexity index is 707. The maximum Gasteiger partial charge on any atom is 0.272 e. The zero-order valence-corrected chi connectivity index (χ0v) is 14.0. The van der Waals surface area contributed by atoms with E-state index in [1.165, 1.54) is 6.33 Å². The summed E-state index contributed by atoms with van der Waals surface area (Å²) in [6.07, 6.45) is 7.83. The molecular weight excluding hydrogens is 324 g/mol. The molecule has 1 atom stereocenters. The third-order valence-electron chi connectivity index (χ3n) is 4.46. The number of ether oxygens (including phenoxy) is 1. The van der Waals surface area contributed by atoms with Crippen LogP contribution in [-0.4, -0.2) is 55.5 Å². The molecule has 0 aliphatic carbocycles. The van der Waals surface area contributed by atoms with E-state index in [2.05, 4.69) is 15.0 Å². The lowest BCUT2D eigenvalue weighted by atomic mass is 9.92. The Morgan fingerprint density at radius 2 is 2.04 bits per heavy atom. The average molecular weight is 342 g/mol. The van der Waals surface area contributed by atoms with Crippen molar-refractivity contribution < 1.29 is 9.53 Å². The first-order valence-electron chi connectivity index (χ1n) is 7.94. The van der Waals surface area contributed by atoms with E-state index in [9.17, 15) is 4.79 Å². The molecule has 2 aromatic heterocycles. The van der Waals surface area contributed by atoms with E-state index in [0.29, 0.717) is 12.3 Å². The molecule has 0 radical (unpaired) electrons. The molecule has 2 aliphatic rings. The SMILES string of the molecule is O=C(c1ccncn1)N1CC2(C[C@H](OCc3ccncc3)CS2)C1. The lowest BCUT2D eigenvalue weighted by Gasteiger charge is -2.47. The minimum Gasteiger partial charge on any atom is -0.373 e. The number of amides is 1. The maximum atomic E-state index is 12.3. The molecule has 0 saturated carbocycles. The van der Waals surface area contributed by atoms with Gasteiger partial charge in [-0.1, -0.05) is 0 Å². The highest BCUT2D eigenvalue weighted by Gasteiger charge is 2.51. The number of carbonyl (C=O) groups is 1. The normalized spacial score (nSPS) is 21.7. The number of rotatable bonds is 4. The number of pyridine rings is 1. The van der Waals surface area contributed by atoms with Gasteiger partial charge in [-0.25, -0.2) is 9.97 Å². The summed E-state index contributed by atoms with van der Waals surface area (Å²) in [5.74, 6) is 0.977. The van der Waals surface area contributed by atoms with Gasteiger partial charge in [0.15, 0.2) is 0 Å². The van der Waals surface area contributed by atoms with E-state index in [1.807, 2.05) is 28.8 Å². The molecule has 2 aliphatic heterocycles. The molecule has 0 N–H and O–H groups in total. The predicted octanol–water partition coefficient (Wildman–Crippen LogP) is 1.79. The minimum absolute atomic E-state index is 0.00946. The van der Waals surface area contributed by atoms with E-state index in [4.69, 9.17) is 4.74 Å². The highest BCUT2D eigenvalue weighted by molar-refractivity contribution is 8.01. The fourth-order valence-electron chi connectivity index (χ4n) is 3.20. The zero-order chi connectivity index (χ0) is 16.4. The summed E-state index contributed by atoms with van der Waals surface area (Å²) >= 11 is 1.93. The van der Waals surface area contributed by atoms with Crippen LogP contribution in [-0.2, 0) is 11.3 Å². The highest BCUT2D eigenvalue weighted by atomic mass is 32.2. The van der Waals surface area contributed by atoms with Crippen molar-refractivity contribution in [2.24, 2.45) is 0 Å². The van der Waals surface area contributed by atoms with Crippen molar-refractivity contribution in [1.82, 2.24) is 19.9 Å². The van der Waals surface area contributed by atoms with Crippen LogP contribution in [0.4, 0.5) is 0 Å². The van der Waals surface area contributed by atoms with Gasteiger partial charge in [-0.15, -0.1) is 11.8 Å². The monoisotopic (exact) mass is 342 g/mol. The molecular formula is C17H18N4O2S. The van der Waals surface area contributed by atoms with E-state index >= 15 is 0 Å². The van der Waals surface area contributed by atoms with E-state index in [0.717, 1.165) is 30.8 Å². The van der Waals surface area contributed by atoms with Gasteiger partial charge in [-0.3, -0.25) is 9.78 Å². The van der Waals surface area contributed by atoms with Crippen molar-refractivity contribution in [3.63, 3.8) is 0 Å². The lowest BCUT2D eigenvalue weighted by molar-refractivity contribution is 0.0253. The Kier molecular flexibility index (Phi) is 4.20. The Labute approximate surface area is 144 Å². The van der Waals surface area contributed by atoms with Crippen LogP contribution in [0.25, 0.3) is 0 Å². The predicted molar refractivity (Wildman–Crippen MR) is 90.6 cm³/mol. The van der Waals surface area contributed by atoms with Crippen molar-refractivity contribution in [3.05, 3.63) is 54.4 Å². The van der Waals surface area contributed by atoms with Gasteiger partial charge in [-0.05, 0) is 30.2 Å². The van der Waals surface area contributed by atoms with Gasteiger partial charge in [-0.2, -0.15) is 0 Å². The molecule has 2 saturated heterocycles. The number of hydrogen-bond donors (Lipinski definition) is 0. The van der Waals surface area contributed by atoms with Crippen molar-refractivity contribution >= 4 is 17.7 Å². The summed E-state index contributed by atoms with van der Waals surface area (Å²) in [5, 5.41) is 0. The zero-order valence-electron chi connectivity index (χ0n) is 13.2. The quantitative estimate of drug-likeness (QED) is 0.844. The molecule has 4 heterocycles. The fourth-order valence-corrected chi connectivity index (χ4v) is 4.75. The first-order valence-corrected chi connectivity index (χ1v) is 8.92. The Morgan fingerprint density at radius 3 is 2.79 bits per heavy atom. The Hall–Kier alpha value is -1.99.